The van der Waals surface area contributed by atoms with Crippen molar-refractivity contribution >= 4 is 0 Å². The average molecular weight is 490 g/mol. The van der Waals surface area contributed by atoms with E-state index < -0.39 is 0 Å². The van der Waals surface area contributed by atoms with E-state index in [0.29, 0.717) is 0 Å². The van der Waals surface area contributed by atoms with Crippen molar-refractivity contribution in [2.24, 2.45) is 7.05 Å². The van der Waals surface area contributed by atoms with Crippen molar-refractivity contribution < 1.29 is 4.57 Å². The van der Waals surface area contributed by atoms with Gasteiger partial charge < -0.3 is 0 Å². The van der Waals surface area contributed by atoms with Gasteiger partial charge in [0.2, 0.25) is 0 Å². The number of unbranched alkanes of at least 4 members (excludes halogenated alkanes) is 23. The zero-order valence-corrected chi connectivity index (χ0v) is 24.6. The lowest BCUT2D eigenvalue weighted by Crippen LogP contribution is -2.32. The summed E-state index contributed by atoms with van der Waals surface area (Å²) in [6.07, 6.45) is 41.7. The second-order valence-electron chi connectivity index (χ2n) is 11.4. The molecule has 0 atom stereocenters. The Morgan fingerprint density at radius 3 is 1.23 bits per heavy atom. The lowest BCUT2D eigenvalue weighted by molar-refractivity contribution is -0.678. The normalized spacial score (nSPS) is 11.5. The maximum absolute atomic E-state index is 2.54. The van der Waals surface area contributed by atoms with Gasteiger partial charge in [-0.25, -0.2) is 9.13 Å². The molecule has 0 amide bonds. The topological polar surface area (TPSA) is 8.81 Å². The van der Waals surface area contributed by atoms with Gasteiger partial charge in [-0.1, -0.05) is 155 Å². The molecule has 0 aliphatic rings. The van der Waals surface area contributed by atoms with Gasteiger partial charge in [0.15, 0.2) is 0 Å². The van der Waals surface area contributed by atoms with Crippen molar-refractivity contribution in [3.05, 3.63) is 18.2 Å². The Morgan fingerprint density at radius 1 is 0.486 bits per heavy atom. The van der Waals surface area contributed by atoms with Crippen LogP contribution >= 0.6 is 0 Å². The summed E-state index contributed by atoms with van der Waals surface area (Å²) in [5.41, 5.74) is 0. The Labute approximate surface area is 221 Å². The van der Waals surface area contributed by atoms with Crippen LogP contribution in [-0.2, 0) is 20.0 Å². The van der Waals surface area contributed by atoms with E-state index in [4.69, 9.17) is 0 Å². The first-order valence-corrected chi connectivity index (χ1v) is 16.3. The highest BCUT2D eigenvalue weighted by molar-refractivity contribution is 4.84. The van der Waals surface area contributed by atoms with Crippen LogP contribution in [0.2, 0.25) is 0 Å². The SMILES string of the molecule is CCCCCCCCCCCCCCCCn1cc[n+](C)c1CCCCCCCCCCCCC. The molecule has 0 saturated heterocycles. The minimum atomic E-state index is 1.21. The molecule has 0 fully saturated rings. The maximum atomic E-state index is 2.54. The highest BCUT2D eigenvalue weighted by atomic mass is 15.1. The fraction of sp³-hybridized carbons (Fsp3) is 0.909. The number of hydrogen-bond donors (Lipinski definition) is 0. The average Bonchev–Trinajstić information content (AvgIpc) is 3.21. The molecular weight excluding hydrogens is 424 g/mol. The molecule has 0 saturated carbocycles. The summed E-state index contributed by atoms with van der Waals surface area (Å²) in [5, 5.41) is 0. The standard InChI is InChI=1S/C33H65N2/c1-4-6-8-10-12-14-16-17-18-20-22-24-26-28-30-35-32-31-34(3)33(35)29-27-25-23-21-19-15-13-11-9-7-5-2/h31-32H,4-30H2,1-3H3/q+1. The number of hydrogen-bond acceptors (Lipinski definition) is 0. The van der Waals surface area contributed by atoms with Crippen LogP contribution in [0.25, 0.3) is 0 Å². The van der Waals surface area contributed by atoms with Gasteiger partial charge in [-0.2, -0.15) is 0 Å². The number of aryl methyl sites for hydroxylation is 2. The fourth-order valence-electron chi connectivity index (χ4n) is 5.50. The molecule has 0 unspecified atom stereocenters. The molecule has 2 nitrogen and oxygen atoms in total. The van der Waals surface area contributed by atoms with Gasteiger partial charge in [-0.05, 0) is 19.3 Å². The third-order valence-corrected chi connectivity index (χ3v) is 7.97. The molecule has 2 heteroatoms. The molecule has 0 aliphatic heterocycles. The molecule has 1 aromatic heterocycles. The van der Waals surface area contributed by atoms with Gasteiger partial charge in [0.25, 0.3) is 5.82 Å². The van der Waals surface area contributed by atoms with Gasteiger partial charge in [0.1, 0.15) is 12.4 Å². The van der Waals surface area contributed by atoms with Crippen molar-refractivity contribution in [1.29, 1.82) is 0 Å². The van der Waals surface area contributed by atoms with E-state index in [2.05, 4.69) is 42.4 Å². The Balaban J connectivity index is 1.95. The van der Waals surface area contributed by atoms with Crippen molar-refractivity contribution in [2.75, 3.05) is 0 Å². The smallest absolute Gasteiger partial charge is 0.237 e. The van der Waals surface area contributed by atoms with Crippen LogP contribution < -0.4 is 4.57 Å². The number of nitrogens with zero attached hydrogens (tertiary/aromatic N) is 2. The lowest BCUT2D eigenvalue weighted by atomic mass is 10.0. The molecule has 0 aromatic carbocycles. The number of imidazole rings is 1. The highest BCUT2D eigenvalue weighted by Gasteiger charge is 2.13. The van der Waals surface area contributed by atoms with E-state index >= 15 is 0 Å². The van der Waals surface area contributed by atoms with Crippen LogP contribution in [-0.4, -0.2) is 4.57 Å². The van der Waals surface area contributed by atoms with Crippen LogP contribution in [0.1, 0.15) is 180 Å². The van der Waals surface area contributed by atoms with Gasteiger partial charge >= 0.3 is 0 Å². The second kappa shape index (κ2) is 24.9. The van der Waals surface area contributed by atoms with Gasteiger partial charge in [-0.15, -0.1) is 0 Å². The summed E-state index contributed by atoms with van der Waals surface area (Å²) in [6, 6.07) is 0. The van der Waals surface area contributed by atoms with Crippen molar-refractivity contribution in [1.82, 2.24) is 4.57 Å². The van der Waals surface area contributed by atoms with Gasteiger partial charge in [0.05, 0.1) is 13.6 Å². The quantitative estimate of drug-likeness (QED) is 0.0858. The van der Waals surface area contributed by atoms with Crippen molar-refractivity contribution in [2.45, 2.75) is 187 Å². The lowest BCUT2D eigenvalue weighted by Gasteiger charge is -2.05. The molecule has 0 N–H and O–H groups in total. The second-order valence-corrected chi connectivity index (χ2v) is 11.4. The summed E-state index contributed by atoms with van der Waals surface area (Å²) in [6.45, 7) is 5.82. The van der Waals surface area contributed by atoms with Crippen molar-refractivity contribution in [3.8, 4) is 0 Å². The van der Waals surface area contributed by atoms with E-state index in [0.717, 1.165) is 0 Å². The summed E-state index contributed by atoms with van der Waals surface area (Å²) in [4.78, 5) is 0. The first-order chi connectivity index (χ1) is 17.3. The number of rotatable bonds is 27. The van der Waals surface area contributed by atoms with Crippen LogP contribution in [0.3, 0.4) is 0 Å². The molecule has 206 valence electrons. The zero-order chi connectivity index (χ0) is 25.2. The Bertz CT molecular complexity index is 547. The van der Waals surface area contributed by atoms with Crippen LogP contribution in [0.4, 0.5) is 0 Å². The molecule has 0 spiro atoms. The molecule has 0 radical (unpaired) electrons. The minimum Gasteiger partial charge on any atom is -0.237 e. The fourth-order valence-corrected chi connectivity index (χ4v) is 5.50. The predicted octanol–water partition coefficient (Wildman–Crippen LogP) is 10.6. The molecule has 35 heavy (non-hydrogen) atoms. The van der Waals surface area contributed by atoms with Crippen LogP contribution in [0, 0.1) is 0 Å². The van der Waals surface area contributed by atoms with Crippen LogP contribution in [0.15, 0.2) is 12.4 Å². The minimum absolute atomic E-state index is 1.21. The largest absolute Gasteiger partial charge is 0.256 e. The molecule has 1 heterocycles. The third-order valence-electron chi connectivity index (χ3n) is 7.97. The van der Waals surface area contributed by atoms with Crippen LogP contribution in [0.5, 0.6) is 0 Å². The molecule has 0 bridgehead atoms. The van der Waals surface area contributed by atoms with E-state index in [1.807, 2.05) is 0 Å². The Morgan fingerprint density at radius 2 is 0.829 bits per heavy atom. The van der Waals surface area contributed by atoms with Crippen molar-refractivity contribution in [3.63, 3.8) is 0 Å². The van der Waals surface area contributed by atoms with E-state index in [9.17, 15) is 0 Å². The van der Waals surface area contributed by atoms with E-state index in [1.54, 1.807) is 0 Å². The van der Waals surface area contributed by atoms with Gasteiger partial charge in [0, 0.05) is 6.42 Å². The summed E-state index contributed by atoms with van der Waals surface area (Å²) in [5.74, 6) is 1.54. The monoisotopic (exact) mass is 490 g/mol. The van der Waals surface area contributed by atoms with Gasteiger partial charge in [-0.3, -0.25) is 0 Å². The summed E-state index contributed by atoms with van der Waals surface area (Å²) >= 11 is 0. The zero-order valence-electron chi connectivity index (χ0n) is 24.6. The maximum Gasteiger partial charge on any atom is 0.256 e. The molecule has 1 aromatic rings. The first kappa shape index (κ1) is 32.2. The summed E-state index contributed by atoms with van der Waals surface area (Å²) < 4.78 is 4.90. The predicted molar refractivity (Wildman–Crippen MR) is 156 cm³/mol. The van der Waals surface area contributed by atoms with E-state index in [1.165, 1.54) is 179 Å². The molecular formula is C33H65N2+. The first-order valence-electron chi connectivity index (χ1n) is 16.3. The molecule has 0 aliphatic carbocycles. The Kier molecular flexibility index (Phi) is 22.9. The highest BCUT2D eigenvalue weighted by Crippen LogP contribution is 2.15. The summed E-state index contributed by atoms with van der Waals surface area (Å²) in [7, 11) is 2.23. The van der Waals surface area contributed by atoms with E-state index in [-0.39, 0.29) is 0 Å². The number of aromatic nitrogens is 2. The Hall–Kier alpha value is -0.790. The third kappa shape index (κ3) is 19.0. The molecule has 1 rings (SSSR count).